The predicted octanol–water partition coefficient (Wildman–Crippen LogP) is 4.63. The van der Waals surface area contributed by atoms with Crippen molar-refractivity contribution in [3.8, 4) is 0 Å². The van der Waals surface area contributed by atoms with Crippen molar-refractivity contribution in [1.82, 2.24) is 4.90 Å². The van der Waals surface area contributed by atoms with Crippen LogP contribution in [0.25, 0.3) is 6.08 Å². The van der Waals surface area contributed by atoms with Crippen LogP contribution < -0.4 is 0 Å². The first-order valence-corrected chi connectivity index (χ1v) is 9.10. The summed E-state index contributed by atoms with van der Waals surface area (Å²) in [5.41, 5.74) is -0.824. The molecule has 1 aliphatic rings. The summed E-state index contributed by atoms with van der Waals surface area (Å²) in [5.74, 6) is 0.792. The van der Waals surface area contributed by atoms with Crippen LogP contribution in [0.1, 0.15) is 29.7 Å². The third kappa shape index (κ3) is 5.02. The minimum absolute atomic E-state index is 0.102. The van der Waals surface area contributed by atoms with E-state index in [4.69, 9.17) is 4.42 Å². The van der Waals surface area contributed by atoms with Gasteiger partial charge in [0.1, 0.15) is 5.76 Å². The monoisotopic (exact) mass is 379 g/mol. The summed E-state index contributed by atoms with van der Waals surface area (Å²) in [6.07, 6.45) is 2.76. The number of halogens is 3. The number of alkyl halides is 3. The van der Waals surface area contributed by atoms with Crippen molar-refractivity contribution in [2.24, 2.45) is 5.41 Å². The van der Waals surface area contributed by atoms with Crippen LogP contribution in [-0.2, 0) is 12.6 Å². The van der Waals surface area contributed by atoms with E-state index >= 15 is 0 Å². The number of benzene rings is 1. The SMILES string of the molecule is OCC1(Cc2ccccc2C(F)(F)F)CCN(C/C=C/c2ccco2)CC1. The van der Waals surface area contributed by atoms with Crippen LogP contribution in [0.4, 0.5) is 13.2 Å². The third-order valence-corrected chi connectivity index (χ3v) is 5.33. The summed E-state index contributed by atoms with van der Waals surface area (Å²) < 4.78 is 45.0. The van der Waals surface area contributed by atoms with E-state index in [0.29, 0.717) is 12.8 Å². The lowest BCUT2D eigenvalue weighted by Gasteiger charge is -2.41. The number of aliphatic hydroxyl groups is 1. The molecule has 2 aromatic rings. The second-order valence-corrected chi connectivity index (χ2v) is 7.21. The Morgan fingerprint density at radius 2 is 1.85 bits per heavy atom. The number of aliphatic hydroxyl groups excluding tert-OH is 1. The molecule has 6 heteroatoms. The molecule has 0 unspecified atom stereocenters. The Hall–Kier alpha value is -2.05. The molecule has 0 bridgehead atoms. The lowest BCUT2D eigenvalue weighted by Crippen LogP contribution is -2.43. The average Bonchev–Trinajstić information content (AvgIpc) is 3.16. The largest absolute Gasteiger partial charge is 0.465 e. The van der Waals surface area contributed by atoms with Gasteiger partial charge in [0.15, 0.2) is 0 Å². The Morgan fingerprint density at radius 1 is 1.11 bits per heavy atom. The van der Waals surface area contributed by atoms with Crippen LogP contribution in [-0.4, -0.2) is 36.2 Å². The second kappa shape index (κ2) is 8.31. The molecule has 2 heterocycles. The summed E-state index contributed by atoms with van der Waals surface area (Å²) in [6, 6.07) is 9.39. The van der Waals surface area contributed by atoms with E-state index in [1.54, 1.807) is 12.3 Å². The van der Waals surface area contributed by atoms with E-state index in [0.717, 1.165) is 31.5 Å². The molecule has 0 aliphatic carbocycles. The maximum absolute atomic E-state index is 13.3. The van der Waals surface area contributed by atoms with Gasteiger partial charge in [-0.3, -0.25) is 4.90 Å². The normalized spacial score (nSPS) is 18.2. The maximum atomic E-state index is 13.3. The van der Waals surface area contributed by atoms with E-state index in [9.17, 15) is 18.3 Å². The first-order valence-electron chi connectivity index (χ1n) is 9.10. The smallest absolute Gasteiger partial charge is 0.416 e. The number of likely N-dealkylation sites (tertiary alicyclic amines) is 1. The van der Waals surface area contributed by atoms with Crippen molar-refractivity contribution >= 4 is 6.08 Å². The lowest BCUT2D eigenvalue weighted by atomic mass is 9.73. The zero-order valence-electron chi connectivity index (χ0n) is 15.1. The summed E-state index contributed by atoms with van der Waals surface area (Å²) in [7, 11) is 0. The Bertz CT molecular complexity index is 745. The lowest BCUT2D eigenvalue weighted by molar-refractivity contribution is -0.138. The minimum Gasteiger partial charge on any atom is -0.465 e. The molecule has 1 N–H and O–H groups in total. The highest BCUT2D eigenvalue weighted by Gasteiger charge is 2.38. The predicted molar refractivity (Wildman–Crippen MR) is 98.1 cm³/mol. The van der Waals surface area contributed by atoms with Gasteiger partial charge < -0.3 is 9.52 Å². The molecule has 0 saturated carbocycles. The number of nitrogens with zero attached hydrogens (tertiary/aromatic N) is 1. The highest BCUT2D eigenvalue weighted by Crippen LogP contribution is 2.39. The van der Waals surface area contributed by atoms with Gasteiger partial charge in [-0.25, -0.2) is 0 Å². The van der Waals surface area contributed by atoms with Gasteiger partial charge in [-0.2, -0.15) is 13.2 Å². The Labute approximate surface area is 157 Å². The van der Waals surface area contributed by atoms with E-state index in [2.05, 4.69) is 4.90 Å². The number of hydrogen-bond acceptors (Lipinski definition) is 3. The third-order valence-electron chi connectivity index (χ3n) is 5.33. The fraction of sp³-hybridized carbons (Fsp3) is 0.429. The molecule has 27 heavy (non-hydrogen) atoms. The van der Waals surface area contributed by atoms with Gasteiger partial charge in [0.2, 0.25) is 0 Å². The molecule has 0 amide bonds. The van der Waals surface area contributed by atoms with E-state index in [1.807, 2.05) is 24.3 Å². The van der Waals surface area contributed by atoms with Crippen LogP contribution in [0.2, 0.25) is 0 Å². The number of piperidine rings is 1. The first-order chi connectivity index (χ1) is 12.9. The zero-order chi connectivity index (χ0) is 19.3. The molecule has 1 aliphatic heterocycles. The molecule has 1 fully saturated rings. The molecule has 0 spiro atoms. The second-order valence-electron chi connectivity index (χ2n) is 7.21. The Kier molecular flexibility index (Phi) is 6.07. The van der Waals surface area contributed by atoms with Crippen LogP contribution in [0.15, 0.2) is 53.2 Å². The van der Waals surface area contributed by atoms with Crippen LogP contribution in [0.3, 0.4) is 0 Å². The quantitative estimate of drug-likeness (QED) is 0.795. The Balaban J connectivity index is 1.62. The number of rotatable bonds is 6. The van der Waals surface area contributed by atoms with Gasteiger partial charge in [0.05, 0.1) is 11.8 Å². The van der Waals surface area contributed by atoms with Gasteiger partial charge in [-0.1, -0.05) is 24.3 Å². The fourth-order valence-corrected chi connectivity index (χ4v) is 3.66. The standard InChI is InChI=1S/C21H24F3NO2/c22-21(23,24)19-8-2-1-5-17(19)15-20(16-26)9-12-25(13-10-20)11-3-6-18-7-4-14-27-18/h1-8,14,26H,9-13,15-16H2/b6-3+. The zero-order valence-corrected chi connectivity index (χ0v) is 15.1. The van der Waals surface area contributed by atoms with Crippen molar-refractivity contribution in [2.75, 3.05) is 26.2 Å². The molecule has 0 atom stereocenters. The Morgan fingerprint density at radius 3 is 2.48 bits per heavy atom. The number of furan rings is 1. The minimum atomic E-state index is -4.37. The van der Waals surface area contributed by atoms with Gasteiger partial charge in [-0.15, -0.1) is 0 Å². The van der Waals surface area contributed by atoms with Crippen LogP contribution in [0, 0.1) is 5.41 Å². The van der Waals surface area contributed by atoms with Gasteiger partial charge in [-0.05, 0) is 67.6 Å². The number of hydrogen-bond donors (Lipinski definition) is 1. The van der Waals surface area contributed by atoms with Crippen LogP contribution in [0.5, 0.6) is 0 Å². The van der Waals surface area contributed by atoms with Crippen molar-refractivity contribution in [1.29, 1.82) is 0 Å². The van der Waals surface area contributed by atoms with Crippen molar-refractivity contribution in [3.05, 3.63) is 65.6 Å². The topological polar surface area (TPSA) is 36.6 Å². The highest BCUT2D eigenvalue weighted by molar-refractivity contribution is 5.42. The fourth-order valence-electron chi connectivity index (χ4n) is 3.66. The molecular weight excluding hydrogens is 355 g/mol. The van der Waals surface area contributed by atoms with Gasteiger partial charge >= 0.3 is 6.18 Å². The molecule has 146 valence electrons. The maximum Gasteiger partial charge on any atom is 0.416 e. The molecule has 0 radical (unpaired) electrons. The van der Waals surface area contributed by atoms with Crippen molar-refractivity contribution in [2.45, 2.75) is 25.4 Å². The van der Waals surface area contributed by atoms with E-state index in [-0.39, 0.29) is 18.6 Å². The van der Waals surface area contributed by atoms with Gasteiger partial charge in [0.25, 0.3) is 0 Å². The molecule has 1 aromatic carbocycles. The highest BCUT2D eigenvalue weighted by atomic mass is 19.4. The van der Waals surface area contributed by atoms with E-state index < -0.39 is 17.2 Å². The molecular formula is C21H24F3NO2. The van der Waals surface area contributed by atoms with Crippen LogP contribution >= 0.6 is 0 Å². The summed E-state index contributed by atoms with van der Waals surface area (Å²) in [5, 5.41) is 9.96. The molecule has 1 saturated heterocycles. The van der Waals surface area contributed by atoms with Gasteiger partial charge in [0, 0.05) is 13.2 Å². The molecule has 3 rings (SSSR count). The van der Waals surface area contributed by atoms with E-state index in [1.165, 1.54) is 12.1 Å². The van der Waals surface area contributed by atoms with Crippen molar-refractivity contribution < 1.29 is 22.7 Å². The average molecular weight is 379 g/mol. The summed E-state index contributed by atoms with van der Waals surface area (Å²) >= 11 is 0. The summed E-state index contributed by atoms with van der Waals surface area (Å²) in [4.78, 5) is 2.24. The molecule has 3 nitrogen and oxygen atoms in total. The molecule has 1 aromatic heterocycles. The first kappa shape index (κ1) is 19.7. The van der Waals surface area contributed by atoms with Crippen molar-refractivity contribution in [3.63, 3.8) is 0 Å². The summed E-state index contributed by atoms with van der Waals surface area (Å²) in [6.45, 7) is 2.14.